The van der Waals surface area contributed by atoms with Crippen LogP contribution in [-0.2, 0) is 6.54 Å². The zero-order chi connectivity index (χ0) is 17.4. The van der Waals surface area contributed by atoms with Crippen LogP contribution in [0.5, 0.6) is 0 Å². The molecule has 1 atom stereocenters. The average Bonchev–Trinajstić information content (AvgIpc) is 3.09. The van der Waals surface area contributed by atoms with Gasteiger partial charge in [0.15, 0.2) is 0 Å². The maximum Gasteiger partial charge on any atom is 0.315 e. The molecule has 1 heterocycles. The number of rotatable bonds is 7. The Hall–Kier alpha value is -2.36. The number of urea groups is 1. The molecule has 1 aromatic heterocycles. The number of hydrogen-bond acceptors (Lipinski definition) is 4. The van der Waals surface area contributed by atoms with Crippen molar-refractivity contribution in [3.05, 3.63) is 46.8 Å². The van der Waals surface area contributed by atoms with Gasteiger partial charge in [-0.15, -0.1) is 11.3 Å². The summed E-state index contributed by atoms with van der Waals surface area (Å²) in [5.41, 5.74) is 2.02. The highest BCUT2D eigenvalue weighted by Crippen LogP contribution is 2.28. The molecule has 0 radical (unpaired) electrons. The summed E-state index contributed by atoms with van der Waals surface area (Å²) >= 11 is 1.45. The zero-order valence-corrected chi connectivity index (χ0v) is 14.4. The molecule has 1 aromatic carbocycles. The molecule has 3 N–H and O–H groups in total. The Kier molecular flexibility index (Phi) is 6.79. The van der Waals surface area contributed by atoms with Crippen molar-refractivity contribution in [1.29, 1.82) is 5.26 Å². The second kappa shape index (κ2) is 9.06. The van der Waals surface area contributed by atoms with Gasteiger partial charge in [-0.1, -0.05) is 25.1 Å². The normalized spacial score (nSPS) is 11.5. The van der Waals surface area contributed by atoms with Crippen molar-refractivity contribution in [2.75, 3.05) is 6.54 Å². The Morgan fingerprint density at radius 3 is 2.88 bits per heavy atom. The number of benzene rings is 1. The SMILES string of the molecule is CCC(O)CCNC(=O)NCc1cccc(-c2ccc(C#N)s2)c1. The lowest BCUT2D eigenvalue weighted by Gasteiger charge is -2.10. The van der Waals surface area contributed by atoms with Gasteiger partial charge in [-0.25, -0.2) is 4.79 Å². The molecule has 0 aliphatic heterocycles. The molecule has 126 valence electrons. The maximum atomic E-state index is 11.7. The number of carbonyl (C=O) groups is 1. The van der Waals surface area contributed by atoms with Gasteiger partial charge in [-0.05, 0) is 42.2 Å². The van der Waals surface area contributed by atoms with Crippen molar-refractivity contribution in [2.24, 2.45) is 0 Å². The molecule has 5 nitrogen and oxygen atoms in total. The summed E-state index contributed by atoms with van der Waals surface area (Å²) in [5, 5.41) is 23.9. The third-order valence-electron chi connectivity index (χ3n) is 3.62. The fraction of sp³-hybridized carbons (Fsp3) is 0.333. The minimum absolute atomic E-state index is 0.244. The molecule has 0 aliphatic rings. The second-order valence-corrected chi connectivity index (χ2v) is 6.52. The minimum atomic E-state index is -0.369. The number of carbonyl (C=O) groups excluding carboxylic acids is 1. The van der Waals surface area contributed by atoms with E-state index in [0.717, 1.165) is 16.0 Å². The first-order chi connectivity index (χ1) is 11.6. The number of nitrogens with one attached hydrogen (secondary N) is 2. The first-order valence-electron chi connectivity index (χ1n) is 7.91. The third-order valence-corrected chi connectivity index (χ3v) is 4.65. The van der Waals surface area contributed by atoms with E-state index < -0.39 is 0 Å². The molecule has 2 amide bonds. The number of aliphatic hydroxyl groups is 1. The predicted molar refractivity (Wildman–Crippen MR) is 95.6 cm³/mol. The van der Waals surface area contributed by atoms with Gasteiger partial charge in [0.1, 0.15) is 10.9 Å². The fourth-order valence-corrected chi connectivity index (χ4v) is 2.99. The van der Waals surface area contributed by atoms with Crippen LogP contribution in [0.25, 0.3) is 10.4 Å². The van der Waals surface area contributed by atoms with E-state index in [2.05, 4.69) is 16.7 Å². The largest absolute Gasteiger partial charge is 0.393 e. The van der Waals surface area contributed by atoms with Crippen molar-refractivity contribution >= 4 is 17.4 Å². The van der Waals surface area contributed by atoms with Gasteiger partial charge >= 0.3 is 6.03 Å². The highest BCUT2D eigenvalue weighted by atomic mass is 32.1. The molecule has 0 saturated carbocycles. The van der Waals surface area contributed by atoms with Gasteiger partial charge in [0.05, 0.1) is 6.10 Å². The smallest absolute Gasteiger partial charge is 0.315 e. The Bertz CT molecular complexity index is 721. The summed E-state index contributed by atoms with van der Waals surface area (Å²) in [5.74, 6) is 0. The number of aliphatic hydroxyl groups excluding tert-OH is 1. The summed E-state index contributed by atoms with van der Waals surface area (Å²) in [4.78, 5) is 13.5. The Balaban J connectivity index is 1.86. The van der Waals surface area contributed by atoms with Gasteiger partial charge in [0.2, 0.25) is 0 Å². The number of amides is 2. The van der Waals surface area contributed by atoms with Gasteiger partial charge < -0.3 is 15.7 Å². The highest BCUT2D eigenvalue weighted by Gasteiger charge is 2.06. The molecule has 2 aromatic rings. The molecule has 24 heavy (non-hydrogen) atoms. The summed E-state index contributed by atoms with van der Waals surface area (Å²) in [6, 6.07) is 13.5. The van der Waals surface area contributed by atoms with Crippen LogP contribution in [0.2, 0.25) is 0 Å². The molecule has 6 heteroatoms. The van der Waals surface area contributed by atoms with Crippen LogP contribution in [0.1, 0.15) is 30.2 Å². The van der Waals surface area contributed by atoms with Gasteiger partial charge in [0.25, 0.3) is 0 Å². The predicted octanol–water partition coefficient (Wildman–Crippen LogP) is 3.25. The third kappa shape index (κ3) is 5.37. The molecule has 0 spiro atoms. The fourth-order valence-electron chi connectivity index (χ4n) is 2.19. The first-order valence-corrected chi connectivity index (χ1v) is 8.73. The van der Waals surface area contributed by atoms with Crippen molar-refractivity contribution in [3.8, 4) is 16.5 Å². The minimum Gasteiger partial charge on any atom is -0.393 e. The molecular formula is C18H21N3O2S. The zero-order valence-electron chi connectivity index (χ0n) is 13.6. The Morgan fingerprint density at radius 1 is 1.33 bits per heavy atom. The molecule has 0 saturated heterocycles. The van der Waals surface area contributed by atoms with Crippen LogP contribution in [0.4, 0.5) is 4.79 Å². The van der Waals surface area contributed by atoms with Crippen molar-refractivity contribution in [1.82, 2.24) is 10.6 Å². The first kappa shape index (κ1) is 18.0. The lowest BCUT2D eigenvalue weighted by Crippen LogP contribution is -2.36. The molecule has 1 unspecified atom stereocenters. The van der Waals surface area contributed by atoms with Crippen molar-refractivity contribution < 1.29 is 9.90 Å². The summed E-state index contributed by atoms with van der Waals surface area (Å²) in [6.07, 6.45) is 0.872. The summed E-state index contributed by atoms with van der Waals surface area (Å²) < 4.78 is 0. The van der Waals surface area contributed by atoms with E-state index in [-0.39, 0.29) is 12.1 Å². The van der Waals surface area contributed by atoms with E-state index >= 15 is 0 Å². The van der Waals surface area contributed by atoms with Crippen molar-refractivity contribution in [2.45, 2.75) is 32.4 Å². The van der Waals surface area contributed by atoms with Gasteiger partial charge in [-0.2, -0.15) is 5.26 Å². The standard InChI is InChI=1S/C18H21N3O2S/c1-2-15(22)8-9-20-18(23)21-12-13-4-3-5-14(10-13)17-7-6-16(11-19)24-17/h3-7,10,15,22H,2,8-9,12H2,1H3,(H2,20,21,23). The van der Waals surface area contributed by atoms with E-state index in [4.69, 9.17) is 5.26 Å². The lowest BCUT2D eigenvalue weighted by molar-refractivity contribution is 0.160. The molecule has 0 fully saturated rings. The van der Waals surface area contributed by atoms with Gasteiger partial charge in [-0.3, -0.25) is 0 Å². The van der Waals surface area contributed by atoms with E-state index in [1.54, 1.807) is 0 Å². The van der Waals surface area contributed by atoms with Crippen LogP contribution in [0.3, 0.4) is 0 Å². The van der Waals surface area contributed by atoms with Crippen LogP contribution in [0, 0.1) is 11.3 Å². The monoisotopic (exact) mass is 343 g/mol. The van der Waals surface area contributed by atoms with E-state index in [0.29, 0.717) is 30.8 Å². The molecule has 0 bridgehead atoms. The van der Waals surface area contributed by atoms with Gasteiger partial charge in [0, 0.05) is 18.0 Å². The number of nitrogens with zero attached hydrogens (tertiary/aromatic N) is 1. The molecular weight excluding hydrogens is 322 g/mol. The van der Waals surface area contributed by atoms with Crippen LogP contribution in [-0.4, -0.2) is 23.8 Å². The average molecular weight is 343 g/mol. The molecule has 0 aliphatic carbocycles. The van der Waals surface area contributed by atoms with E-state index in [1.807, 2.05) is 43.3 Å². The van der Waals surface area contributed by atoms with E-state index in [1.165, 1.54) is 11.3 Å². The van der Waals surface area contributed by atoms with Crippen LogP contribution < -0.4 is 10.6 Å². The topological polar surface area (TPSA) is 85.2 Å². The Morgan fingerprint density at radius 2 is 2.17 bits per heavy atom. The number of thiophene rings is 1. The quantitative estimate of drug-likeness (QED) is 0.721. The number of hydrogen-bond donors (Lipinski definition) is 3. The van der Waals surface area contributed by atoms with Crippen LogP contribution >= 0.6 is 11.3 Å². The summed E-state index contributed by atoms with van der Waals surface area (Å²) in [7, 11) is 0. The second-order valence-electron chi connectivity index (χ2n) is 5.44. The maximum absolute atomic E-state index is 11.7. The highest BCUT2D eigenvalue weighted by molar-refractivity contribution is 7.16. The lowest BCUT2D eigenvalue weighted by atomic mass is 10.1. The van der Waals surface area contributed by atoms with Crippen molar-refractivity contribution in [3.63, 3.8) is 0 Å². The van der Waals surface area contributed by atoms with Crippen LogP contribution in [0.15, 0.2) is 36.4 Å². The number of nitriles is 1. The Labute approximate surface area is 145 Å². The summed E-state index contributed by atoms with van der Waals surface area (Å²) in [6.45, 7) is 2.78. The molecule has 2 rings (SSSR count). The van der Waals surface area contributed by atoms with E-state index in [9.17, 15) is 9.90 Å².